The predicted molar refractivity (Wildman–Crippen MR) is 74.7 cm³/mol. The van der Waals surface area contributed by atoms with Gasteiger partial charge in [-0.05, 0) is 19.8 Å². The summed E-state index contributed by atoms with van der Waals surface area (Å²) < 4.78 is 12.2. The third kappa shape index (κ3) is 4.21. The molecule has 0 aromatic carbocycles. The van der Waals surface area contributed by atoms with Crippen molar-refractivity contribution < 1.29 is 14.3 Å². The molecule has 7 heteroatoms. The highest BCUT2D eigenvalue weighted by atomic mass is 16.5. The molecule has 1 aromatic heterocycles. The lowest BCUT2D eigenvalue weighted by atomic mass is 10.1. The summed E-state index contributed by atoms with van der Waals surface area (Å²) in [4.78, 5) is 11.9. The fourth-order valence-electron chi connectivity index (χ4n) is 2.20. The second-order valence-electron chi connectivity index (χ2n) is 4.92. The Morgan fingerprint density at radius 1 is 1.70 bits per heavy atom. The lowest BCUT2D eigenvalue weighted by molar-refractivity contribution is 0.0868. The van der Waals surface area contributed by atoms with Crippen molar-refractivity contribution in [3.8, 4) is 0 Å². The summed E-state index contributed by atoms with van der Waals surface area (Å²) in [5, 5.41) is 9.78. The number of carbonyl (C=O) groups excluding carboxylic acids is 1. The number of carbonyl (C=O) groups is 1. The van der Waals surface area contributed by atoms with Crippen LogP contribution in [-0.4, -0.2) is 48.3 Å². The van der Waals surface area contributed by atoms with E-state index < -0.39 is 0 Å². The number of ether oxygens (including phenoxy) is 2. The minimum atomic E-state index is -0.237. The normalized spacial score (nSPS) is 19.8. The number of nitrogens with zero attached hydrogens (tertiary/aromatic N) is 2. The highest BCUT2D eigenvalue weighted by Gasteiger charge is 2.23. The Morgan fingerprint density at radius 3 is 3.25 bits per heavy atom. The second-order valence-corrected chi connectivity index (χ2v) is 4.92. The van der Waals surface area contributed by atoms with Crippen LogP contribution in [0.2, 0.25) is 0 Å². The number of hydrogen-bond donors (Lipinski definition) is 2. The molecule has 2 rings (SSSR count). The largest absolute Gasteiger partial charge is 0.383 e. The van der Waals surface area contributed by atoms with E-state index in [0.29, 0.717) is 18.8 Å². The number of methoxy groups -OCH3 is 1. The minimum Gasteiger partial charge on any atom is -0.383 e. The third-order valence-electron chi connectivity index (χ3n) is 3.30. The van der Waals surface area contributed by atoms with Gasteiger partial charge in [-0.15, -0.1) is 0 Å². The van der Waals surface area contributed by atoms with E-state index in [9.17, 15) is 4.79 Å². The van der Waals surface area contributed by atoms with E-state index in [2.05, 4.69) is 15.7 Å². The molecule has 0 aliphatic carbocycles. The average molecular weight is 282 g/mol. The maximum Gasteiger partial charge on any atom is 0.319 e. The Bertz CT molecular complexity index is 429. The van der Waals surface area contributed by atoms with E-state index in [1.807, 2.05) is 6.92 Å². The van der Waals surface area contributed by atoms with Crippen LogP contribution < -0.4 is 10.6 Å². The molecule has 20 heavy (non-hydrogen) atoms. The predicted octanol–water partition coefficient (Wildman–Crippen LogP) is 1.22. The third-order valence-corrected chi connectivity index (χ3v) is 3.30. The van der Waals surface area contributed by atoms with E-state index in [0.717, 1.165) is 19.4 Å². The summed E-state index contributed by atoms with van der Waals surface area (Å²) in [6.07, 6.45) is 5.56. The Morgan fingerprint density at radius 2 is 2.55 bits per heavy atom. The van der Waals surface area contributed by atoms with E-state index in [1.165, 1.54) is 0 Å². The monoisotopic (exact) mass is 282 g/mol. The van der Waals surface area contributed by atoms with Gasteiger partial charge in [-0.25, -0.2) is 4.79 Å². The molecule has 0 unspecified atom stereocenters. The molecule has 0 bridgehead atoms. The van der Waals surface area contributed by atoms with E-state index in [1.54, 1.807) is 24.2 Å². The first-order valence-corrected chi connectivity index (χ1v) is 6.89. The van der Waals surface area contributed by atoms with Crippen LogP contribution in [0.3, 0.4) is 0 Å². The molecule has 0 saturated carbocycles. The standard InChI is InChI=1S/C13H22N4O3/c1-10(12-4-3-6-20-12)15-13(18)16-11-8-14-17(9-11)5-7-19-2/h8-10,12H,3-7H2,1-2H3,(H2,15,16,18)/t10-,12+/m1/s1. The van der Waals surface area contributed by atoms with E-state index >= 15 is 0 Å². The van der Waals surface area contributed by atoms with Crippen LogP contribution >= 0.6 is 0 Å². The van der Waals surface area contributed by atoms with Crippen LogP contribution in [0.15, 0.2) is 12.4 Å². The topological polar surface area (TPSA) is 77.4 Å². The van der Waals surface area contributed by atoms with Crippen molar-refractivity contribution in [3.05, 3.63) is 12.4 Å². The molecule has 0 spiro atoms. The Labute approximate surface area is 118 Å². The van der Waals surface area contributed by atoms with Gasteiger partial charge in [0.25, 0.3) is 0 Å². The molecule has 1 fully saturated rings. The Balaban J connectivity index is 1.77. The van der Waals surface area contributed by atoms with Gasteiger partial charge >= 0.3 is 6.03 Å². The summed E-state index contributed by atoms with van der Waals surface area (Å²) in [5.74, 6) is 0. The molecule has 7 nitrogen and oxygen atoms in total. The SMILES string of the molecule is COCCn1cc(NC(=O)N[C@H](C)[C@@H]2CCCO2)cn1. The smallest absolute Gasteiger partial charge is 0.319 e. The average Bonchev–Trinajstić information content (AvgIpc) is 3.07. The van der Waals surface area contributed by atoms with E-state index in [4.69, 9.17) is 9.47 Å². The maximum atomic E-state index is 11.9. The molecule has 2 N–H and O–H groups in total. The zero-order valence-electron chi connectivity index (χ0n) is 12.0. The number of hydrogen-bond acceptors (Lipinski definition) is 4. The zero-order valence-corrected chi connectivity index (χ0v) is 12.0. The van der Waals surface area contributed by atoms with Crippen LogP contribution in [0, 0.1) is 0 Å². The van der Waals surface area contributed by atoms with Gasteiger partial charge in [-0.3, -0.25) is 4.68 Å². The first kappa shape index (κ1) is 14.8. The fraction of sp³-hybridized carbons (Fsp3) is 0.692. The van der Waals surface area contributed by atoms with Gasteiger partial charge in [-0.2, -0.15) is 5.10 Å². The molecule has 112 valence electrons. The summed E-state index contributed by atoms with van der Waals surface area (Å²) in [6, 6.07) is -0.236. The van der Waals surface area contributed by atoms with Crippen LogP contribution in [0.25, 0.3) is 0 Å². The first-order chi connectivity index (χ1) is 9.69. The molecule has 2 heterocycles. The van der Waals surface area contributed by atoms with Gasteiger partial charge in [0.1, 0.15) is 0 Å². The number of aromatic nitrogens is 2. The fourth-order valence-corrected chi connectivity index (χ4v) is 2.20. The van der Waals surface area contributed by atoms with Crippen LogP contribution in [0.4, 0.5) is 10.5 Å². The maximum absolute atomic E-state index is 11.9. The Hall–Kier alpha value is -1.60. The lowest BCUT2D eigenvalue weighted by Crippen LogP contribution is -2.42. The molecule has 1 saturated heterocycles. The lowest BCUT2D eigenvalue weighted by Gasteiger charge is -2.19. The van der Waals surface area contributed by atoms with Gasteiger partial charge in [0, 0.05) is 19.9 Å². The van der Waals surface area contributed by atoms with Crippen LogP contribution in [-0.2, 0) is 16.0 Å². The van der Waals surface area contributed by atoms with Gasteiger partial charge in [0.15, 0.2) is 0 Å². The number of nitrogens with one attached hydrogen (secondary N) is 2. The number of amides is 2. The highest BCUT2D eigenvalue weighted by Crippen LogP contribution is 2.15. The summed E-state index contributed by atoms with van der Waals surface area (Å²) in [5.41, 5.74) is 0.665. The summed E-state index contributed by atoms with van der Waals surface area (Å²) in [7, 11) is 1.64. The zero-order chi connectivity index (χ0) is 14.4. The molecule has 2 atom stereocenters. The van der Waals surface area contributed by atoms with Crippen LogP contribution in [0.1, 0.15) is 19.8 Å². The van der Waals surface area contributed by atoms with Crippen molar-refractivity contribution >= 4 is 11.7 Å². The second kappa shape index (κ2) is 7.25. The molecule has 1 aliphatic heterocycles. The van der Waals surface area contributed by atoms with Gasteiger partial charge in [-0.1, -0.05) is 0 Å². The molecular weight excluding hydrogens is 260 g/mol. The molecule has 2 amide bonds. The molecule has 1 aliphatic rings. The van der Waals surface area contributed by atoms with Crippen molar-refractivity contribution in [3.63, 3.8) is 0 Å². The van der Waals surface area contributed by atoms with Gasteiger partial charge < -0.3 is 20.1 Å². The van der Waals surface area contributed by atoms with Crippen molar-refractivity contribution in [1.29, 1.82) is 0 Å². The summed E-state index contributed by atoms with van der Waals surface area (Å²) >= 11 is 0. The number of rotatable bonds is 6. The van der Waals surface area contributed by atoms with Gasteiger partial charge in [0.05, 0.1) is 37.2 Å². The van der Waals surface area contributed by atoms with E-state index in [-0.39, 0.29) is 18.2 Å². The van der Waals surface area contributed by atoms with Crippen LogP contribution in [0.5, 0.6) is 0 Å². The van der Waals surface area contributed by atoms with Crippen molar-refractivity contribution in [2.45, 2.75) is 38.5 Å². The van der Waals surface area contributed by atoms with Crippen molar-refractivity contribution in [1.82, 2.24) is 15.1 Å². The molecular formula is C13H22N4O3. The Kier molecular flexibility index (Phi) is 5.37. The minimum absolute atomic E-state index is 0.000960. The highest BCUT2D eigenvalue weighted by molar-refractivity contribution is 5.89. The number of urea groups is 1. The summed E-state index contributed by atoms with van der Waals surface area (Å²) in [6.45, 7) is 3.98. The quantitative estimate of drug-likeness (QED) is 0.822. The number of anilines is 1. The van der Waals surface area contributed by atoms with Crippen molar-refractivity contribution in [2.75, 3.05) is 25.6 Å². The first-order valence-electron chi connectivity index (χ1n) is 6.89. The van der Waals surface area contributed by atoms with Gasteiger partial charge in [0.2, 0.25) is 0 Å². The molecule has 1 aromatic rings. The molecule has 0 radical (unpaired) electrons. The van der Waals surface area contributed by atoms with Crippen molar-refractivity contribution in [2.24, 2.45) is 0 Å².